The van der Waals surface area contributed by atoms with Crippen molar-refractivity contribution < 1.29 is 73.9 Å². The number of nitrogens with two attached hydrogens (primary N) is 1. The lowest BCUT2D eigenvalue weighted by molar-refractivity contribution is -0.271. The van der Waals surface area contributed by atoms with Gasteiger partial charge in [0.25, 0.3) is 5.91 Å². The number of aromatic nitrogens is 4. The van der Waals surface area contributed by atoms with E-state index in [1.54, 1.807) is 36.5 Å². The van der Waals surface area contributed by atoms with Crippen LogP contribution in [0, 0.1) is 23.2 Å². The van der Waals surface area contributed by atoms with E-state index < -0.39 is 73.0 Å². The zero-order chi connectivity index (χ0) is 62.3. The van der Waals surface area contributed by atoms with E-state index in [2.05, 4.69) is 29.5 Å². The molecule has 470 valence electrons. The molecule has 88 heavy (non-hydrogen) atoms. The van der Waals surface area contributed by atoms with Gasteiger partial charge in [-0.1, -0.05) is 61.6 Å². The maximum atomic E-state index is 13.9. The number of pyridine rings is 1. The standard InChI is InChI=1S/C64H78N8O15S/c1-36-43(41-16-17-49(69-50(41)56(79)80)71-21-18-38-10-8-11-42(44(38)26-71)55(78)70-60-68-45-12-4-5-13-48(45)88-60)25-67-72(36)35-63-30-61(2)29-62(3,31-63)33-64(32-61,34-63)85-22-20-66-46(24-40(74)27-73)58(83)84-28-39-15-14-37(9-6-7-19-65)23-47(39)86-59-53(77)51(75)52(76)54(87-59)57(81)82/h4-5,8,10-17,23,25,40,46,51-54,59,66,73-77H,6-7,9,18-22,24,26-35,65H2,1-3H3,(H,79,80)(H,81,82)(H,68,70,78)/t40-,46?,51-,52?,53+,54-,59+,61?,62?,63?,64?/m0/s1. The van der Waals surface area contributed by atoms with Crippen molar-refractivity contribution in [3.63, 3.8) is 0 Å². The molecule has 3 aromatic carbocycles. The highest BCUT2D eigenvalue weighted by Gasteiger charge is 2.66. The molecule has 9 atom stereocenters. The Morgan fingerprint density at radius 1 is 0.898 bits per heavy atom. The monoisotopic (exact) mass is 1230 g/mol. The summed E-state index contributed by atoms with van der Waals surface area (Å²) in [5, 5.41) is 84.0. The SMILES string of the molecule is Cc1c(-c2ccc(N3CCc4cccc(C(=O)Nc5nc6ccccc6s5)c4C3)nc2C(=O)O)cnn1CC12CC3(C)CC(C)(C1)CC(OCCNC(C[C@H](O)CO)C(=O)OCc1ccc(CCCCN)cc1O[C@@H]1O[C@H](C(=O)O)C(O)[C@H](O)[C@H]1O)(C3)C2. The molecule has 4 unspecified atom stereocenters. The van der Waals surface area contributed by atoms with Gasteiger partial charge in [-0.25, -0.2) is 19.6 Å². The van der Waals surface area contributed by atoms with E-state index in [9.17, 15) is 54.9 Å². The number of para-hydroxylation sites is 1. The summed E-state index contributed by atoms with van der Waals surface area (Å²) in [6.45, 7) is 8.05. The Balaban J connectivity index is 0.749. The van der Waals surface area contributed by atoms with Crippen molar-refractivity contribution in [3.05, 3.63) is 118 Å². The number of hydrogen-bond acceptors (Lipinski definition) is 20. The number of carbonyl (C=O) groups is 4. The van der Waals surface area contributed by atoms with Crippen molar-refractivity contribution >= 4 is 56.3 Å². The number of unbranched alkanes of at least 4 members (excludes halogenated alkanes) is 1. The Hall–Kier alpha value is -6.97. The number of carboxylic acids is 2. The molecule has 5 heterocycles. The fraction of sp³-hybridized carbons (Fsp3) is 0.516. The van der Waals surface area contributed by atoms with Crippen molar-refractivity contribution in [1.82, 2.24) is 25.1 Å². The van der Waals surface area contributed by atoms with Crippen molar-refractivity contribution in [3.8, 4) is 16.9 Å². The molecular formula is C64H78N8O15S. The number of esters is 1. The first kappa shape index (κ1) is 62.6. The largest absolute Gasteiger partial charge is 0.479 e. The molecule has 11 N–H and O–H groups in total. The van der Waals surface area contributed by atoms with E-state index in [0.717, 1.165) is 84.0 Å². The van der Waals surface area contributed by atoms with Crippen molar-refractivity contribution in [2.45, 2.75) is 160 Å². The van der Waals surface area contributed by atoms with Gasteiger partial charge in [0.1, 0.15) is 42.5 Å². The summed E-state index contributed by atoms with van der Waals surface area (Å²) >= 11 is 1.41. The Morgan fingerprint density at radius 3 is 2.42 bits per heavy atom. The van der Waals surface area contributed by atoms with Gasteiger partial charge >= 0.3 is 17.9 Å². The smallest absolute Gasteiger partial charge is 0.355 e. The number of aliphatic hydroxyl groups excluding tert-OH is 5. The molecule has 12 rings (SSSR count). The number of aliphatic carboxylic acids is 1. The van der Waals surface area contributed by atoms with Crippen LogP contribution in [0.5, 0.6) is 5.75 Å². The lowest BCUT2D eigenvalue weighted by atomic mass is 9.39. The van der Waals surface area contributed by atoms with Crippen LogP contribution in [-0.2, 0) is 56.3 Å². The minimum absolute atomic E-state index is 0.0456. The molecule has 4 saturated carbocycles. The molecule has 23 nitrogen and oxygen atoms in total. The highest BCUT2D eigenvalue weighted by Crippen LogP contribution is 2.72. The predicted octanol–water partition coefficient (Wildman–Crippen LogP) is 5.51. The molecule has 5 fully saturated rings. The van der Waals surface area contributed by atoms with Crippen LogP contribution < -0.4 is 26.0 Å². The molecule has 0 radical (unpaired) electrons. The number of nitrogens with zero attached hydrogens (tertiary/aromatic N) is 5. The first-order chi connectivity index (χ1) is 42.1. The zero-order valence-electron chi connectivity index (χ0n) is 49.6. The zero-order valence-corrected chi connectivity index (χ0v) is 50.4. The van der Waals surface area contributed by atoms with Gasteiger partial charge in [-0.15, -0.1) is 0 Å². The van der Waals surface area contributed by atoms with E-state index in [-0.39, 0.29) is 59.8 Å². The average Bonchev–Trinajstić information content (AvgIpc) is 0.731. The van der Waals surface area contributed by atoms with E-state index in [1.807, 2.05) is 59.0 Å². The maximum Gasteiger partial charge on any atom is 0.355 e. The summed E-state index contributed by atoms with van der Waals surface area (Å²) in [5.74, 6) is -3.21. The normalized spacial score (nSPS) is 27.0. The van der Waals surface area contributed by atoms with Crippen molar-refractivity contribution in [2.75, 3.05) is 43.1 Å². The Kier molecular flexibility index (Phi) is 18.1. The number of carbonyl (C=O) groups excluding carboxylic acids is 2. The molecule has 4 aliphatic carbocycles. The lowest BCUT2D eigenvalue weighted by Gasteiger charge is -2.69. The quantitative estimate of drug-likeness (QED) is 0.0249. The van der Waals surface area contributed by atoms with E-state index in [0.29, 0.717) is 72.2 Å². The third kappa shape index (κ3) is 13.2. The lowest BCUT2D eigenvalue weighted by Crippen LogP contribution is -2.64. The number of carboxylic acid groups (broad SMARTS) is 2. The van der Waals surface area contributed by atoms with Crippen molar-refractivity contribution in [2.24, 2.45) is 22.0 Å². The second-order valence-electron chi connectivity index (χ2n) is 25.7. The van der Waals surface area contributed by atoms with E-state index >= 15 is 0 Å². The van der Waals surface area contributed by atoms with Gasteiger partial charge < -0.3 is 70.6 Å². The number of hydrogen-bond donors (Lipinski definition) is 10. The fourth-order valence-electron chi connectivity index (χ4n) is 15.5. The Bertz CT molecular complexity index is 3530. The molecule has 0 spiro atoms. The second-order valence-corrected chi connectivity index (χ2v) is 26.7. The number of anilines is 2. The topological polar surface area (TPSA) is 344 Å². The predicted molar refractivity (Wildman–Crippen MR) is 324 cm³/mol. The van der Waals surface area contributed by atoms with Gasteiger partial charge in [-0.05, 0) is 147 Å². The van der Waals surface area contributed by atoms with Gasteiger partial charge in [0.05, 0.1) is 41.3 Å². The van der Waals surface area contributed by atoms with Crippen LogP contribution in [0.3, 0.4) is 0 Å². The summed E-state index contributed by atoms with van der Waals surface area (Å²) in [5.41, 5.74) is 11.1. The van der Waals surface area contributed by atoms with Crippen LogP contribution in [-0.4, -0.2) is 161 Å². The molecule has 6 aliphatic rings. The first-order valence-electron chi connectivity index (χ1n) is 30.1. The first-order valence-corrected chi connectivity index (χ1v) is 30.9. The van der Waals surface area contributed by atoms with Gasteiger partial charge in [-0.2, -0.15) is 5.10 Å². The number of aromatic carboxylic acids is 1. The van der Waals surface area contributed by atoms with Gasteiger partial charge in [0.2, 0.25) is 6.29 Å². The van der Waals surface area contributed by atoms with Gasteiger partial charge in [0, 0.05) is 60.5 Å². The third-order valence-electron chi connectivity index (χ3n) is 18.4. The van der Waals surface area contributed by atoms with Crippen LogP contribution >= 0.6 is 11.3 Å². The maximum absolute atomic E-state index is 13.9. The minimum Gasteiger partial charge on any atom is -0.479 e. The number of nitrogens with one attached hydrogen (secondary N) is 2. The number of rotatable bonds is 25. The van der Waals surface area contributed by atoms with Crippen LogP contribution in [0.15, 0.2) is 79.0 Å². The van der Waals surface area contributed by atoms with Crippen LogP contribution in [0.1, 0.15) is 120 Å². The number of thiazole rings is 1. The molecule has 24 heteroatoms. The fourth-order valence-corrected chi connectivity index (χ4v) is 16.4. The highest BCUT2D eigenvalue weighted by molar-refractivity contribution is 7.22. The molecule has 6 aromatic rings. The molecule has 1 amide bonds. The van der Waals surface area contributed by atoms with E-state index in [1.165, 1.54) is 11.3 Å². The summed E-state index contributed by atoms with van der Waals surface area (Å²) in [7, 11) is 0. The van der Waals surface area contributed by atoms with Gasteiger partial charge in [-0.3, -0.25) is 19.6 Å². The summed E-state index contributed by atoms with van der Waals surface area (Å²) in [6, 6.07) is 21.0. The second kappa shape index (κ2) is 25.5. The van der Waals surface area contributed by atoms with Crippen molar-refractivity contribution in [1.29, 1.82) is 0 Å². The number of benzene rings is 3. The highest BCUT2D eigenvalue weighted by atomic mass is 32.1. The van der Waals surface area contributed by atoms with Crippen LogP contribution in [0.25, 0.3) is 21.3 Å². The number of aryl methyl sites for hydroxylation is 1. The number of aliphatic hydroxyl groups is 5. The summed E-state index contributed by atoms with van der Waals surface area (Å²) in [6.07, 6.45) is -0.950. The number of ether oxygens (including phenoxy) is 4. The molecule has 2 aliphatic heterocycles. The van der Waals surface area contributed by atoms with Crippen LogP contribution in [0.4, 0.5) is 10.9 Å². The number of amides is 1. The summed E-state index contributed by atoms with van der Waals surface area (Å²) in [4.78, 5) is 64.1. The average molecular weight is 1230 g/mol. The molecule has 1 saturated heterocycles. The number of fused-ring (bicyclic) bond motifs is 2. The molecule has 3 aromatic heterocycles. The minimum atomic E-state index is -1.93. The Labute approximate surface area is 512 Å². The Morgan fingerprint density at radius 2 is 1.68 bits per heavy atom. The third-order valence-corrected chi connectivity index (χ3v) is 19.3. The molecule has 4 bridgehead atoms. The van der Waals surface area contributed by atoms with Crippen LogP contribution in [0.2, 0.25) is 0 Å². The molecular weight excluding hydrogens is 1150 g/mol. The van der Waals surface area contributed by atoms with E-state index in [4.69, 9.17) is 34.8 Å². The summed E-state index contributed by atoms with van der Waals surface area (Å²) < 4.78 is 27.2. The van der Waals surface area contributed by atoms with Gasteiger partial charge in [0.15, 0.2) is 16.9 Å².